The molecule has 0 spiro atoms. The zero-order valence-electron chi connectivity index (χ0n) is 9.71. The molecule has 0 atom stereocenters. The molecule has 2 rings (SSSR count). The fourth-order valence-electron chi connectivity index (χ4n) is 1.76. The van der Waals surface area contributed by atoms with E-state index < -0.39 is 0 Å². The second-order valence-corrected chi connectivity index (χ2v) is 5.36. The average Bonchev–Trinajstić information content (AvgIpc) is 2.84. The average molecular weight is 235 g/mol. The van der Waals surface area contributed by atoms with Crippen LogP contribution in [0.3, 0.4) is 0 Å². The van der Waals surface area contributed by atoms with Crippen molar-refractivity contribution in [1.29, 1.82) is 0 Å². The first-order chi connectivity index (χ1) is 7.75. The Morgan fingerprint density at radius 1 is 1.44 bits per heavy atom. The van der Waals surface area contributed by atoms with Gasteiger partial charge in [-0.15, -0.1) is 11.3 Å². The Morgan fingerprint density at radius 2 is 2.31 bits per heavy atom. The summed E-state index contributed by atoms with van der Waals surface area (Å²) in [7, 11) is 0. The van der Waals surface area contributed by atoms with Crippen molar-refractivity contribution in [3.05, 3.63) is 39.6 Å². The first-order valence-corrected chi connectivity index (χ1v) is 6.32. The lowest BCUT2D eigenvalue weighted by Crippen LogP contribution is -2.17. The van der Waals surface area contributed by atoms with Gasteiger partial charge in [-0.1, -0.05) is 0 Å². The molecule has 16 heavy (non-hydrogen) atoms. The number of aryl methyl sites for hydroxylation is 2. The van der Waals surface area contributed by atoms with Crippen LogP contribution in [0.15, 0.2) is 18.5 Å². The molecule has 0 amide bonds. The highest BCUT2D eigenvalue weighted by molar-refractivity contribution is 7.12. The smallest absolute Gasteiger partial charge is 0.120 e. The van der Waals surface area contributed by atoms with E-state index in [1.54, 1.807) is 6.20 Å². The summed E-state index contributed by atoms with van der Waals surface area (Å²) in [5, 5.41) is 3.38. The summed E-state index contributed by atoms with van der Waals surface area (Å²) < 4.78 is 0. The SMILES string of the molecule is Cc1cc(CCNCc2ncc[nH]2)c(C)s1. The predicted octanol–water partition coefficient (Wildman–Crippen LogP) is 2.42. The van der Waals surface area contributed by atoms with E-state index in [9.17, 15) is 0 Å². The van der Waals surface area contributed by atoms with Gasteiger partial charge in [0, 0.05) is 22.1 Å². The lowest BCUT2D eigenvalue weighted by molar-refractivity contribution is 0.664. The van der Waals surface area contributed by atoms with Gasteiger partial charge >= 0.3 is 0 Å². The number of rotatable bonds is 5. The number of nitrogens with zero attached hydrogens (tertiary/aromatic N) is 1. The molecule has 2 N–H and O–H groups in total. The first kappa shape index (κ1) is 11.4. The molecule has 2 heterocycles. The van der Waals surface area contributed by atoms with Gasteiger partial charge in [0.15, 0.2) is 0 Å². The van der Waals surface area contributed by atoms with Crippen LogP contribution >= 0.6 is 11.3 Å². The van der Waals surface area contributed by atoms with E-state index in [4.69, 9.17) is 0 Å². The van der Waals surface area contributed by atoms with Crippen molar-refractivity contribution in [3.8, 4) is 0 Å². The van der Waals surface area contributed by atoms with Crippen LogP contribution in [0.4, 0.5) is 0 Å². The summed E-state index contributed by atoms with van der Waals surface area (Å²) in [6.45, 7) is 6.17. The molecule has 0 fully saturated rings. The molecule has 0 unspecified atom stereocenters. The molecule has 0 radical (unpaired) electrons. The molecule has 4 heteroatoms. The van der Waals surface area contributed by atoms with Gasteiger partial charge < -0.3 is 10.3 Å². The molecule has 2 aromatic heterocycles. The minimum Gasteiger partial charge on any atom is -0.348 e. The van der Waals surface area contributed by atoms with Crippen molar-refractivity contribution in [3.63, 3.8) is 0 Å². The fourth-order valence-corrected chi connectivity index (χ4v) is 2.73. The highest BCUT2D eigenvalue weighted by atomic mass is 32.1. The molecule has 86 valence electrons. The molecule has 0 bridgehead atoms. The maximum Gasteiger partial charge on any atom is 0.120 e. The minimum absolute atomic E-state index is 0.815. The van der Waals surface area contributed by atoms with Crippen molar-refractivity contribution < 1.29 is 0 Å². The highest BCUT2D eigenvalue weighted by Crippen LogP contribution is 2.20. The van der Waals surface area contributed by atoms with Gasteiger partial charge in [0.05, 0.1) is 6.54 Å². The molecule has 0 aromatic carbocycles. The van der Waals surface area contributed by atoms with Gasteiger partial charge in [-0.25, -0.2) is 4.98 Å². The van der Waals surface area contributed by atoms with Crippen molar-refractivity contribution in [2.45, 2.75) is 26.8 Å². The first-order valence-electron chi connectivity index (χ1n) is 5.50. The zero-order chi connectivity index (χ0) is 11.4. The normalized spacial score (nSPS) is 10.9. The van der Waals surface area contributed by atoms with Crippen LogP contribution in [-0.4, -0.2) is 16.5 Å². The molecular weight excluding hydrogens is 218 g/mol. The van der Waals surface area contributed by atoms with Crippen molar-refractivity contribution in [2.75, 3.05) is 6.54 Å². The summed E-state index contributed by atoms with van der Waals surface area (Å²) in [5.41, 5.74) is 1.47. The summed E-state index contributed by atoms with van der Waals surface area (Å²) in [6, 6.07) is 2.29. The number of hydrogen-bond acceptors (Lipinski definition) is 3. The van der Waals surface area contributed by atoms with Crippen LogP contribution in [0.2, 0.25) is 0 Å². The number of H-pyrrole nitrogens is 1. The Hall–Kier alpha value is -1.13. The minimum atomic E-state index is 0.815. The van der Waals surface area contributed by atoms with Gasteiger partial charge in [-0.2, -0.15) is 0 Å². The quantitative estimate of drug-likeness (QED) is 0.781. The van der Waals surface area contributed by atoms with Crippen LogP contribution in [-0.2, 0) is 13.0 Å². The Bertz CT molecular complexity index is 431. The maximum absolute atomic E-state index is 4.17. The largest absolute Gasteiger partial charge is 0.348 e. The van der Waals surface area contributed by atoms with Crippen molar-refractivity contribution in [2.24, 2.45) is 0 Å². The highest BCUT2D eigenvalue weighted by Gasteiger charge is 2.02. The van der Waals surface area contributed by atoms with E-state index in [0.717, 1.165) is 25.3 Å². The third kappa shape index (κ3) is 2.93. The van der Waals surface area contributed by atoms with E-state index in [0.29, 0.717) is 0 Å². The molecule has 2 aromatic rings. The third-order valence-corrected chi connectivity index (χ3v) is 3.57. The van der Waals surface area contributed by atoms with Crippen LogP contribution in [0.25, 0.3) is 0 Å². The summed E-state index contributed by atoms with van der Waals surface area (Å²) in [6.07, 6.45) is 4.73. The molecular formula is C12H17N3S. The Kier molecular flexibility index (Phi) is 3.74. The summed E-state index contributed by atoms with van der Waals surface area (Å²) in [5.74, 6) is 0.998. The van der Waals surface area contributed by atoms with Crippen LogP contribution in [0.5, 0.6) is 0 Å². The van der Waals surface area contributed by atoms with Gasteiger partial charge in [-0.3, -0.25) is 0 Å². The molecule has 0 aliphatic carbocycles. The zero-order valence-corrected chi connectivity index (χ0v) is 10.5. The standard InChI is InChI=1S/C12H17N3S/c1-9-7-11(10(2)16-9)3-4-13-8-12-14-5-6-15-12/h5-7,13H,3-4,8H2,1-2H3,(H,14,15). The van der Waals surface area contributed by atoms with E-state index >= 15 is 0 Å². The lowest BCUT2D eigenvalue weighted by Gasteiger charge is -2.02. The molecule has 3 nitrogen and oxygen atoms in total. The topological polar surface area (TPSA) is 40.7 Å². The second kappa shape index (κ2) is 5.27. The second-order valence-electron chi connectivity index (χ2n) is 3.90. The lowest BCUT2D eigenvalue weighted by atomic mass is 10.2. The number of nitrogens with one attached hydrogen (secondary N) is 2. The number of hydrogen-bond donors (Lipinski definition) is 2. The van der Waals surface area contributed by atoms with Gasteiger partial charge in [-0.05, 0) is 38.4 Å². The number of aromatic amines is 1. The van der Waals surface area contributed by atoms with Crippen LogP contribution in [0.1, 0.15) is 21.1 Å². The Labute approximate surface area is 99.9 Å². The van der Waals surface area contributed by atoms with Crippen molar-refractivity contribution in [1.82, 2.24) is 15.3 Å². The van der Waals surface area contributed by atoms with Gasteiger partial charge in [0.2, 0.25) is 0 Å². The van der Waals surface area contributed by atoms with E-state index in [2.05, 4.69) is 35.2 Å². The molecule has 0 aliphatic heterocycles. The summed E-state index contributed by atoms with van der Waals surface area (Å²) in [4.78, 5) is 10.1. The van der Waals surface area contributed by atoms with E-state index in [-0.39, 0.29) is 0 Å². The number of aromatic nitrogens is 2. The molecule has 0 aliphatic rings. The van der Waals surface area contributed by atoms with Gasteiger partial charge in [0.25, 0.3) is 0 Å². The van der Waals surface area contributed by atoms with Crippen LogP contribution < -0.4 is 5.32 Å². The number of thiophene rings is 1. The summed E-state index contributed by atoms with van der Waals surface area (Å²) >= 11 is 1.88. The van der Waals surface area contributed by atoms with Crippen molar-refractivity contribution >= 4 is 11.3 Å². The number of imidazole rings is 1. The van der Waals surface area contributed by atoms with E-state index in [1.165, 1.54) is 15.3 Å². The Morgan fingerprint density at radius 3 is 2.94 bits per heavy atom. The van der Waals surface area contributed by atoms with Crippen LogP contribution in [0, 0.1) is 13.8 Å². The maximum atomic E-state index is 4.17. The fraction of sp³-hybridized carbons (Fsp3) is 0.417. The predicted molar refractivity (Wildman–Crippen MR) is 67.8 cm³/mol. The third-order valence-electron chi connectivity index (χ3n) is 2.56. The van der Waals surface area contributed by atoms with E-state index in [1.807, 2.05) is 17.5 Å². The Balaban J connectivity index is 1.74. The molecule has 0 saturated carbocycles. The van der Waals surface area contributed by atoms with Gasteiger partial charge in [0.1, 0.15) is 5.82 Å². The molecule has 0 saturated heterocycles. The monoisotopic (exact) mass is 235 g/mol.